The van der Waals surface area contributed by atoms with Crippen molar-refractivity contribution in [2.45, 2.75) is 19.1 Å². The zero-order valence-electron chi connectivity index (χ0n) is 10.3. The van der Waals surface area contributed by atoms with Crippen molar-refractivity contribution in [2.75, 3.05) is 0 Å². The van der Waals surface area contributed by atoms with Crippen molar-refractivity contribution < 1.29 is 17.6 Å². The average molecular weight is 305 g/mol. The number of nitrogens with two attached hydrogens (primary N) is 1. The van der Waals surface area contributed by atoms with E-state index in [1.54, 1.807) is 12.4 Å². The van der Waals surface area contributed by atoms with Crippen molar-refractivity contribution in [1.82, 2.24) is 10.4 Å². The SMILES string of the molecule is Cc1ncsc1C(NN)c1ccc(C(F)(F)F)c(F)c1. The van der Waals surface area contributed by atoms with Crippen molar-refractivity contribution in [3.05, 3.63) is 51.2 Å². The Morgan fingerprint density at radius 1 is 1.35 bits per heavy atom. The van der Waals surface area contributed by atoms with Gasteiger partial charge in [0.2, 0.25) is 0 Å². The summed E-state index contributed by atoms with van der Waals surface area (Å²) in [5.41, 5.74) is 3.77. The Morgan fingerprint density at radius 3 is 2.50 bits per heavy atom. The molecule has 0 radical (unpaired) electrons. The Labute approximate surface area is 116 Å². The molecule has 3 nitrogen and oxygen atoms in total. The smallest absolute Gasteiger partial charge is 0.271 e. The Bertz CT molecular complexity index is 609. The molecule has 0 fully saturated rings. The molecule has 1 aromatic carbocycles. The van der Waals surface area contributed by atoms with Crippen LogP contribution in [0.15, 0.2) is 23.7 Å². The first-order valence-electron chi connectivity index (χ1n) is 5.57. The number of aromatic nitrogens is 1. The van der Waals surface area contributed by atoms with Crippen molar-refractivity contribution >= 4 is 11.3 Å². The second kappa shape index (κ2) is 5.47. The first-order chi connectivity index (χ1) is 9.34. The molecule has 0 saturated carbocycles. The zero-order chi connectivity index (χ0) is 14.9. The first-order valence-corrected chi connectivity index (χ1v) is 6.45. The van der Waals surface area contributed by atoms with E-state index in [0.717, 1.165) is 10.9 Å². The number of rotatable bonds is 3. The van der Waals surface area contributed by atoms with E-state index < -0.39 is 23.6 Å². The van der Waals surface area contributed by atoms with E-state index in [0.29, 0.717) is 17.3 Å². The molecule has 3 N–H and O–H groups in total. The van der Waals surface area contributed by atoms with Gasteiger partial charge in [-0.25, -0.2) is 14.8 Å². The standard InChI is InChI=1S/C12H11F4N3S/c1-6-11(20-5-18-6)10(19-17)7-2-3-8(9(13)4-7)12(14,15)16/h2-5,10,19H,17H2,1H3. The molecule has 0 aliphatic heterocycles. The molecule has 1 unspecified atom stereocenters. The molecule has 108 valence electrons. The molecular weight excluding hydrogens is 294 g/mol. The van der Waals surface area contributed by atoms with Gasteiger partial charge in [0, 0.05) is 0 Å². The van der Waals surface area contributed by atoms with Crippen LogP contribution in [0.4, 0.5) is 17.6 Å². The highest BCUT2D eigenvalue weighted by Gasteiger charge is 2.34. The van der Waals surface area contributed by atoms with Gasteiger partial charge in [0.05, 0.1) is 27.7 Å². The van der Waals surface area contributed by atoms with Crippen LogP contribution in [0.2, 0.25) is 0 Å². The number of hydrazine groups is 1. The second-order valence-electron chi connectivity index (χ2n) is 4.14. The van der Waals surface area contributed by atoms with Crippen LogP contribution in [0.25, 0.3) is 0 Å². The fraction of sp³-hybridized carbons (Fsp3) is 0.250. The molecular formula is C12H11F4N3S. The molecule has 1 atom stereocenters. The lowest BCUT2D eigenvalue weighted by Crippen LogP contribution is -2.29. The van der Waals surface area contributed by atoms with E-state index in [1.807, 2.05) is 0 Å². The van der Waals surface area contributed by atoms with Gasteiger partial charge in [-0.1, -0.05) is 6.07 Å². The molecule has 0 aliphatic rings. The number of halogens is 4. The summed E-state index contributed by atoms with van der Waals surface area (Å²) < 4.78 is 51.1. The third-order valence-corrected chi connectivity index (χ3v) is 3.84. The highest BCUT2D eigenvalue weighted by molar-refractivity contribution is 7.09. The largest absolute Gasteiger partial charge is 0.419 e. The molecule has 0 saturated heterocycles. The van der Waals surface area contributed by atoms with Crippen molar-refractivity contribution in [3.8, 4) is 0 Å². The molecule has 2 rings (SSSR count). The number of nitrogens with one attached hydrogen (secondary N) is 1. The third-order valence-electron chi connectivity index (χ3n) is 2.84. The van der Waals surface area contributed by atoms with E-state index in [2.05, 4.69) is 10.4 Å². The van der Waals surface area contributed by atoms with Gasteiger partial charge in [-0.2, -0.15) is 13.2 Å². The minimum atomic E-state index is -4.71. The lowest BCUT2D eigenvalue weighted by atomic mass is 10.0. The van der Waals surface area contributed by atoms with Crippen LogP contribution >= 0.6 is 11.3 Å². The number of aryl methyl sites for hydroxylation is 1. The van der Waals surface area contributed by atoms with Crippen LogP contribution in [0, 0.1) is 12.7 Å². The maximum Gasteiger partial charge on any atom is 0.419 e. The Balaban J connectivity index is 2.43. The Hall–Kier alpha value is -1.51. The van der Waals surface area contributed by atoms with Crippen LogP contribution in [0.1, 0.15) is 27.7 Å². The number of hydrogen-bond donors (Lipinski definition) is 2. The minimum absolute atomic E-state index is 0.311. The summed E-state index contributed by atoms with van der Waals surface area (Å²) >= 11 is 1.29. The monoisotopic (exact) mass is 305 g/mol. The van der Waals surface area contributed by atoms with Crippen LogP contribution in [0.3, 0.4) is 0 Å². The summed E-state index contributed by atoms with van der Waals surface area (Å²) in [6, 6.07) is 2.16. The molecule has 1 heterocycles. The lowest BCUT2D eigenvalue weighted by molar-refractivity contribution is -0.140. The van der Waals surface area contributed by atoms with Crippen LogP contribution in [0.5, 0.6) is 0 Å². The normalized spacial score (nSPS) is 13.5. The van der Waals surface area contributed by atoms with Crippen molar-refractivity contribution in [3.63, 3.8) is 0 Å². The summed E-state index contributed by atoms with van der Waals surface area (Å²) in [7, 11) is 0. The molecule has 2 aromatic rings. The van der Waals surface area contributed by atoms with E-state index >= 15 is 0 Å². The van der Waals surface area contributed by atoms with Crippen molar-refractivity contribution in [2.24, 2.45) is 5.84 Å². The molecule has 20 heavy (non-hydrogen) atoms. The fourth-order valence-electron chi connectivity index (χ4n) is 1.85. The summed E-state index contributed by atoms with van der Waals surface area (Å²) in [6.07, 6.45) is -4.71. The fourth-order valence-corrected chi connectivity index (χ4v) is 2.74. The third kappa shape index (κ3) is 2.82. The van der Waals surface area contributed by atoms with Crippen LogP contribution < -0.4 is 11.3 Å². The number of benzene rings is 1. The Kier molecular flexibility index (Phi) is 4.07. The highest BCUT2D eigenvalue weighted by Crippen LogP contribution is 2.34. The predicted molar refractivity (Wildman–Crippen MR) is 67.4 cm³/mol. The molecule has 0 amide bonds. The summed E-state index contributed by atoms with van der Waals surface area (Å²) in [5, 5.41) is 0. The van der Waals surface area contributed by atoms with Gasteiger partial charge >= 0.3 is 6.18 Å². The number of hydrogen-bond acceptors (Lipinski definition) is 4. The lowest BCUT2D eigenvalue weighted by Gasteiger charge is -2.17. The quantitative estimate of drug-likeness (QED) is 0.520. The summed E-state index contributed by atoms with van der Waals surface area (Å²) in [4.78, 5) is 4.77. The Morgan fingerprint density at radius 2 is 2.05 bits per heavy atom. The van der Waals surface area contributed by atoms with Gasteiger partial charge in [0.15, 0.2) is 0 Å². The number of thiazole rings is 1. The summed E-state index contributed by atoms with van der Waals surface area (Å²) in [6.45, 7) is 1.75. The highest BCUT2D eigenvalue weighted by atomic mass is 32.1. The molecule has 0 spiro atoms. The second-order valence-corrected chi connectivity index (χ2v) is 5.03. The zero-order valence-corrected chi connectivity index (χ0v) is 11.1. The van der Waals surface area contributed by atoms with E-state index in [-0.39, 0.29) is 0 Å². The van der Waals surface area contributed by atoms with Gasteiger partial charge in [0.25, 0.3) is 0 Å². The van der Waals surface area contributed by atoms with Crippen LogP contribution in [-0.4, -0.2) is 4.98 Å². The van der Waals surface area contributed by atoms with Crippen LogP contribution in [-0.2, 0) is 6.18 Å². The van der Waals surface area contributed by atoms with E-state index in [1.165, 1.54) is 17.4 Å². The molecule has 1 aromatic heterocycles. The number of alkyl halides is 3. The minimum Gasteiger partial charge on any atom is -0.271 e. The first kappa shape index (κ1) is 14.9. The topological polar surface area (TPSA) is 50.9 Å². The van der Waals surface area contributed by atoms with Gasteiger partial charge in [-0.3, -0.25) is 5.84 Å². The van der Waals surface area contributed by atoms with E-state index in [4.69, 9.17) is 5.84 Å². The molecule has 0 bridgehead atoms. The van der Waals surface area contributed by atoms with Crippen molar-refractivity contribution in [1.29, 1.82) is 0 Å². The van der Waals surface area contributed by atoms with Gasteiger partial charge in [0.1, 0.15) is 5.82 Å². The average Bonchev–Trinajstić information content (AvgIpc) is 2.75. The van der Waals surface area contributed by atoms with Gasteiger partial charge in [-0.15, -0.1) is 11.3 Å². The van der Waals surface area contributed by atoms with Gasteiger partial charge in [-0.05, 0) is 24.6 Å². The van der Waals surface area contributed by atoms with E-state index in [9.17, 15) is 17.6 Å². The molecule has 8 heteroatoms. The summed E-state index contributed by atoms with van der Waals surface area (Å²) in [5.74, 6) is 4.10. The van der Waals surface area contributed by atoms with Gasteiger partial charge < -0.3 is 0 Å². The predicted octanol–water partition coefficient (Wildman–Crippen LogP) is 3.16. The maximum atomic E-state index is 13.6. The number of nitrogens with zero attached hydrogens (tertiary/aromatic N) is 1. The molecule has 0 aliphatic carbocycles. The maximum absolute atomic E-state index is 13.6.